The Hall–Kier alpha value is -2.58. The molecular weight excluding hydrogens is 452 g/mol. The number of nitrogens with one attached hydrogen (secondary N) is 1. The van der Waals surface area contributed by atoms with E-state index >= 15 is 4.39 Å². The van der Waals surface area contributed by atoms with E-state index in [2.05, 4.69) is 21.2 Å². The molecule has 0 fully saturated rings. The number of hydrogen-bond donors (Lipinski definition) is 1. The summed E-state index contributed by atoms with van der Waals surface area (Å²) in [5.74, 6) is -1.92. The first kappa shape index (κ1) is 18.8. The molecule has 1 unspecified atom stereocenters. The molecule has 142 valence electrons. The number of amides is 1. The van der Waals surface area contributed by atoms with Crippen LogP contribution in [0.1, 0.15) is 15.9 Å². The highest BCUT2D eigenvalue weighted by molar-refractivity contribution is 9.10. The van der Waals surface area contributed by atoms with E-state index in [1.807, 2.05) is 0 Å². The lowest BCUT2D eigenvalue weighted by Gasteiger charge is -2.28. The zero-order valence-corrected chi connectivity index (χ0v) is 16.8. The summed E-state index contributed by atoms with van der Waals surface area (Å²) in [7, 11) is 1.41. The number of carbonyl (C=O) groups is 2. The number of anilines is 1. The molecule has 1 atom stereocenters. The maximum absolute atomic E-state index is 15.8. The minimum atomic E-state index is -2.95. The largest absolute Gasteiger partial charge is 0.496 e. The molecule has 4 rings (SSSR count). The van der Waals surface area contributed by atoms with E-state index in [4.69, 9.17) is 4.74 Å². The van der Waals surface area contributed by atoms with Crippen molar-refractivity contribution in [2.75, 3.05) is 12.4 Å². The van der Waals surface area contributed by atoms with Crippen molar-refractivity contribution in [3.63, 3.8) is 0 Å². The number of benzene rings is 2. The minimum Gasteiger partial charge on any atom is -0.496 e. The second kappa shape index (κ2) is 6.79. The topological polar surface area (TPSA) is 55.4 Å². The highest BCUT2D eigenvalue weighted by Crippen LogP contribution is 2.49. The van der Waals surface area contributed by atoms with Gasteiger partial charge in [0, 0.05) is 21.2 Å². The fraction of sp³-hybridized carbons (Fsp3) is 0.100. The van der Waals surface area contributed by atoms with Crippen LogP contribution in [0.25, 0.3) is 11.1 Å². The van der Waals surface area contributed by atoms with Gasteiger partial charge in [-0.3, -0.25) is 9.59 Å². The summed E-state index contributed by atoms with van der Waals surface area (Å²) in [5, 5.41) is 1.62. The Morgan fingerprint density at radius 1 is 1.11 bits per heavy atom. The Labute approximate surface area is 171 Å². The molecule has 0 bridgehead atoms. The zero-order valence-electron chi connectivity index (χ0n) is 14.4. The molecule has 1 aromatic heterocycles. The molecular formula is C20H12BrF2NO3S. The SMILES string of the molecule is COc1cc(Br)ccc1-c1c(F)sc2c1C(=O)C(F)(c1ccccc1)C(=O)N2. The zero-order chi connectivity index (χ0) is 20.1. The summed E-state index contributed by atoms with van der Waals surface area (Å²) in [6, 6.07) is 12.2. The quantitative estimate of drug-likeness (QED) is 0.534. The van der Waals surface area contributed by atoms with Crippen molar-refractivity contribution < 1.29 is 23.1 Å². The van der Waals surface area contributed by atoms with E-state index < -0.39 is 22.5 Å². The lowest BCUT2D eigenvalue weighted by Crippen LogP contribution is -2.47. The number of hydrogen-bond acceptors (Lipinski definition) is 4. The first-order valence-electron chi connectivity index (χ1n) is 8.14. The van der Waals surface area contributed by atoms with Gasteiger partial charge in [-0.2, -0.15) is 4.39 Å². The van der Waals surface area contributed by atoms with Gasteiger partial charge in [-0.15, -0.1) is 0 Å². The summed E-state index contributed by atoms with van der Waals surface area (Å²) in [6.45, 7) is 0. The molecule has 0 aliphatic carbocycles. The first-order chi connectivity index (χ1) is 13.4. The molecule has 1 aliphatic heterocycles. The van der Waals surface area contributed by atoms with Crippen molar-refractivity contribution in [2.45, 2.75) is 5.67 Å². The number of ether oxygens (including phenoxy) is 1. The van der Waals surface area contributed by atoms with Crippen LogP contribution in [0.3, 0.4) is 0 Å². The van der Waals surface area contributed by atoms with Crippen molar-refractivity contribution in [2.24, 2.45) is 0 Å². The summed E-state index contributed by atoms with van der Waals surface area (Å²) in [6.07, 6.45) is 0. The van der Waals surface area contributed by atoms with E-state index in [0.29, 0.717) is 27.1 Å². The molecule has 0 saturated heterocycles. The van der Waals surface area contributed by atoms with Crippen LogP contribution in [0.4, 0.5) is 13.8 Å². The maximum Gasteiger partial charge on any atom is 0.275 e. The average Bonchev–Trinajstić information content (AvgIpc) is 3.02. The first-order valence-corrected chi connectivity index (χ1v) is 9.75. The highest BCUT2D eigenvalue weighted by Gasteiger charge is 2.54. The predicted molar refractivity (Wildman–Crippen MR) is 106 cm³/mol. The summed E-state index contributed by atoms with van der Waals surface area (Å²) in [4.78, 5) is 25.6. The van der Waals surface area contributed by atoms with Crippen LogP contribution >= 0.6 is 27.3 Å². The van der Waals surface area contributed by atoms with Gasteiger partial charge in [0.25, 0.3) is 11.6 Å². The number of fused-ring (bicyclic) bond motifs is 1. The van der Waals surface area contributed by atoms with Gasteiger partial charge in [0.05, 0.1) is 12.7 Å². The van der Waals surface area contributed by atoms with Gasteiger partial charge in [-0.1, -0.05) is 57.6 Å². The number of thiophene rings is 1. The van der Waals surface area contributed by atoms with E-state index in [1.54, 1.807) is 24.3 Å². The lowest BCUT2D eigenvalue weighted by atomic mass is 9.83. The molecule has 1 N–H and O–H groups in total. The van der Waals surface area contributed by atoms with Gasteiger partial charge < -0.3 is 10.1 Å². The van der Waals surface area contributed by atoms with Crippen molar-refractivity contribution in [1.82, 2.24) is 0 Å². The molecule has 0 radical (unpaired) electrons. The number of alkyl halides is 1. The van der Waals surface area contributed by atoms with Gasteiger partial charge in [0.2, 0.25) is 5.78 Å². The fourth-order valence-corrected chi connectivity index (χ4v) is 4.49. The third kappa shape index (κ3) is 2.67. The third-order valence-corrected chi connectivity index (χ3v) is 5.94. The number of carbonyl (C=O) groups excluding carboxylic acids is 2. The molecule has 28 heavy (non-hydrogen) atoms. The molecule has 2 aromatic carbocycles. The van der Waals surface area contributed by atoms with E-state index in [9.17, 15) is 14.0 Å². The van der Waals surface area contributed by atoms with Crippen molar-refractivity contribution in [1.29, 1.82) is 0 Å². The number of rotatable bonds is 3. The molecule has 0 saturated carbocycles. The van der Waals surface area contributed by atoms with E-state index in [-0.39, 0.29) is 21.7 Å². The molecule has 1 amide bonds. The van der Waals surface area contributed by atoms with E-state index in [0.717, 1.165) is 0 Å². The monoisotopic (exact) mass is 463 g/mol. The number of ketones is 1. The standard InChI is InChI=1S/C20H12BrF2NO3S/c1-27-13-9-11(21)7-8-12(13)14-15-16(25)20(23,10-5-3-2-4-6-10)19(26)24-18(15)28-17(14)22/h2-9H,1H3,(H,24,26). The highest BCUT2D eigenvalue weighted by atomic mass is 79.9. The van der Waals surface area contributed by atoms with Gasteiger partial charge in [0.15, 0.2) is 5.13 Å². The van der Waals surface area contributed by atoms with Crippen LogP contribution in [-0.2, 0) is 10.5 Å². The normalized spacial score (nSPS) is 18.6. The van der Waals surface area contributed by atoms with Crippen molar-refractivity contribution in [3.8, 4) is 16.9 Å². The number of methoxy groups -OCH3 is 1. The third-order valence-electron chi connectivity index (χ3n) is 4.55. The molecule has 3 aromatic rings. The predicted octanol–water partition coefficient (Wildman–Crippen LogP) is 5.33. The minimum absolute atomic E-state index is 0.0170. The Kier molecular flexibility index (Phi) is 4.55. The lowest BCUT2D eigenvalue weighted by molar-refractivity contribution is -0.125. The second-order valence-corrected chi connectivity index (χ2v) is 7.99. The number of halogens is 3. The molecule has 2 heterocycles. The van der Waals surface area contributed by atoms with Gasteiger partial charge in [-0.05, 0) is 18.2 Å². The maximum atomic E-state index is 15.8. The fourth-order valence-electron chi connectivity index (χ4n) is 3.21. The van der Waals surface area contributed by atoms with Gasteiger partial charge in [0.1, 0.15) is 10.8 Å². The molecule has 8 heteroatoms. The van der Waals surface area contributed by atoms with Crippen LogP contribution < -0.4 is 10.1 Å². The summed E-state index contributed by atoms with van der Waals surface area (Å²) in [5.41, 5.74) is -3.05. The van der Waals surface area contributed by atoms with Gasteiger partial charge in [-0.25, -0.2) is 4.39 Å². The van der Waals surface area contributed by atoms with Crippen LogP contribution in [-0.4, -0.2) is 18.8 Å². The number of Topliss-reactive ketones (excluding diaryl/α,β-unsaturated/α-hetero) is 1. The summed E-state index contributed by atoms with van der Waals surface area (Å²) < 4.78 is 36.7. The molecule has 1 aliphatic rings. The van der Waals surface area contributed by atoms with Crippen molar-refractivity contribution in [3.05, 3.63) is 69.3 Å². The Balaban J connectivity index is 1.96. The molecule has 4 nitrogen and oxygen atoms in total. The second-order valence-electron chi connectivity index (χ2n) is 6.11. The van der Waals surface area contributed by atoms with Crippen LogP contribution in [0.2, 0.25) is 0 Å². The Morgan fingerprint density at radius 3 is 2.50 bits per heavy atom. The summed E-state index contributed by atoms with van der Waals surface area (Å²) >= 11 is 3.89. The van der Waals surface area contributed by atoms with Gasteiger partial charge >= 0.3 is 0 Å². The average molecular weight is 464 g/mol. The van der Waals surface area contributed by atoms with Crippen LogP contribution in [0.5, 0.6) is 5.75 Å². The Bertz CT molecular complexity index is 1120. The van der Waals surface area contributed by atoms with Crippen molar-refractivity contribution >= 4 is 44.0 Å². The Morgan fingerprint density at radius 2 is 1.82 bits per heavy atom. The molecule has 0 spiro atoms. The van der Waals surface area contributed by atoms with E-state index in [1.165, 1.54) is 31.4 Å². The van der Waals surface area contributed by atoms with Crippen LogP contribution in [0.15, 0.2) is 53.0 Å². The van der Waals surface area contributed by atoms with Crippen LogP contribution in [0, 0.1) is 5.13 Å². The smallest absolute Gasteiger partial charge is 0.275 e.